The number of hydrogen-bond acceptors (Lipinski definition) is 7. The van der Waals surface area contributed by atoms with E-state index in [-0.39, 0.29) is 29.5 Å². The predicted octanol–water partition coefficient (Wildman–Crippen LogP) is 4.04. The van der Waals surface area contributed by atoms with Crippen molar-refractivity contribution in [2.45, 2.75) is 33.9 Å². The van der Waals surface area contributed by atoms with E-state index in [1.165, 1.54) is 23.0 Å². The lowest BCUT2D eigenvalue weighted by atomic mass is 10.1. The van der Waals surface area contributed by atoms with E-state index in [1.807, 2.05) is 0 Å². The van der Waals surface area contributed by atoms with E-state index >= 15 is 0 Å². The van der Waals surface area contributed by atoms with E-state index in [9.17, 15) is 19.3 Å². The monoisotopic (exact) mass is 487 g/mol. The zero-order valence-electron chi connectivity index (χ0n) is 18.4. The summed E-state index contributed by atoms with van der Waals surface area (Å²) >= 11 is 6.13. The lowest BCUT2D eigenvalue weighted by Crippen LogP contribution is -2.17. The van der Waals surface area contributed by atoms with Crippen molar-refractivity contribution in [3.05, 3.63) is 85.5 Å². The van der Waals surface area contributed by atoms with Crippen LogP contribution in [-0.4, -0.2) is 35.5 Å². The number of amides is 1. The number of aryl methyl sites for hydroxylation is 2. The highest BCUT2D eigenvalue weighted by Crippen LogP contribution is 2.25. The third kappa shape index (κ3) is 4.53. The summed E-state index contributed by atoms with van der Waals surface area (Å²) in [6.45, 7) is 5.51. The molecule has 0 bridgehead atoms. The van der Waals surface area contributed by atoms with E-state index in [0.717, 1.165) is 6.20 Å². The Morgan fingerprint density at radius 3 is 2.74 bits per heavy atom. The molecular weight excluding hydrogens is 469 g/mol. The van der Waals surface area contributed by atoms with Crippen molar-refractivity contribution in [1.82, 2.24) is 24.7 Å². The third-order valence-corrected chi connectivity index (χ3v) is 5.66. The summed E-state index contributed by atoms with van der Waals surface area (Å²) in [4.78, 5) is 23.4. The van der Waals surface area contributed by atoms with Crippen LogP contribution in [-0.2, 0) is 13.1 Å². The summed E-state index contributed by atoms with van der Waals surface area (Å²) in [6.07, 6.45) is 2.38. The second-order valence-corrected chi connectivity index (χ2v) is 8.02. The topological polar surface area (TPSA) is 134 Å². The molecule has 0 saturated carbocycles. The van der Waals surface area contributed by atoms with Gasteiger partial charge >= 0.3 is 5.69 Å². The van der Waals surface area contributed by atoms with Crippen LogP contribution < -0.4 is 5.32 Å². The molecule has 0 radical (unpaired) electrons. The Kier molecular flexibility index (Phi) is 6.16. The summed E-state index contributed by atoms with van der Waals surface area (Å²) in [6, 6.07) is 4.13. The van der Waals surface area contributed by atoms with Gasteiger partial charge in [0.05, 0.1) is 35.1 Å². The maximum Gasteiger partial charge on any atom is 0.307 e. The first-order valence-electron chi connectivity index (χ1n) is 10.0. The fourth-order valence-corrected chi connectivity index (χ4v) is 3.69. The third-order valence-electron chi connectivity index (χ3n) is 5.31. The molecule has 0 unspecified atom stereocenters. The van der Waals surface area contributed by atoms with Crippen LogP contribution in [0.2, 0.25) is 5.02 Å². The molecule has 0 aliphatic rings. The van der Waals surface area contributed by atoms with Crippen LogP contribution >= 0.6 is 11.6 Å². The number of carbonyl (C=O) groups excluding carboxylic acids is 1. The van der Waals surface area contributed by atoms with Gasteiger partial charge in [-0.1, -0.05) is 22.8 Å². The molecule has 4 rings (SSSR count). The molecule has 34 heavy (non-hydrogen) atoms. The van der Waals surface area contributed by atoms with E-state index in [4.69, 9.17) is 16.1 Å². The largest absolute Gasteiger partial charge is 0.361 e. The number of halogens is 2. The number of hydrogen-bond donors (Lipinski definition) is 1. The van der Waals surface area contributed by atoms with Crippen LogP contribution in [0.5, 0.6) is 0 Å². The molecule has 0 fully saturated rings. The quantitative estimate of drug-likeness (QED) is 0.307. The maximum atomic E-state index is 13.3. The average Bonchev–Trinajstić information content (AvgIpc) is 3.46. The molecule has 0 spiro atoms. The minimum absolute atomic E-state index is 0.0313. The SMILES string of the molecule is Cc1nn(Cc2ccc(F)cc2Cl)c(C)c1NC(=O)c1noc(C)c1Cn1cc([N+](=O)[O-])cn1. The minimum Gasteiger partial charge on any atom is -0.361 e. The van der Waals surface area contributed by atoms with Gasteiger partial charge in [0, 0.05) is 10.6 Å². The van der Waals surface area contributed by atoms with Crippen molar-refractivity contribution in [1.29, 1.82) is 0 Å². The fraction of sp³-hybridized carbons (Fsp3) is 0.238. The van der Waals surface area contributed by atoms with Gasteiger partial charge in [-0.15, -0.1) is 0 Å². The number of carbonyl (C=O) groups is 1. The van der Waals surface area contributed by atoms with Crippen molar-refractivity contribution >= 4 is 28.9 Å². The molecule has 1 amide bonds. The van der Waals surface area contributed by atoms with Gasteiger partial charge in [-0.05, 0) is 38.5 Å². The molecule has 1 aromatic carbocycles. The first-order chi connectivity index (χ1) is 16.1. The number of benzene rings is 1. The van der Waals surface area contributed by atoms with Crippen LogP contribution in [0, 0.1) is 36.7 Å². The molecule has 0 aliphatic carbocycles. The number of anilines is 1. The minimum atomic E-state index is -0.556. The Morgan fingerprint density at radius 2 is 2.06 bits per heavy atom. The van der Waals surface area contributed by atoms with Gasteiger partial charge in [-0.25, -0.2) is 4.39 Å². The van der Waals surface area contributed by atoms with Gasteiger partial charge < -0.3 is 9.84 Å². The van der Waals surface area contributed by atoms with Crippen molar-refractivity contribution in [2.24, 2.45) is 0 Å². The summed E-state index contributed by atoms with van der Waals surface area (Å²) in [7, 11) is 0. The van der Waals surface area contributed by atoms with E-state index in [1.54, 1.807) is 31.5 Å². The van der Waals surface area contributed by atoms with Crippen LogP contribution in [0.15, 0.2) is 35.1 Å². The number of nitro groups is 1. The van der Waals surface area contributed by atoms with E-state index < -0.39 is 16.6 Å². The van der Waals surface area contributed by atoms with Gasteiger partial charge in [0.25, 0.3) is 5.91 Å². The molecule has 0 atom stereocenters. The molecule has 176 valence electrons. The van der Waals surface area contributed by atoms with Gasteiger partial charge in [0.1, 0.15) is 24.0 Å². The normalized spacial score (nSPS) is 11.1. The molecule has 0 aliphatic heterocycles. The van der Waals surface area contributed by atoms with Crippen LogP contribution in [0.25, 0.3) is 0 Å². The Bertz CT molecular complexity index is 1410. The standard InChI is InChI=1S/C21H19ClFN7O4/c1-11-19(12(2)29(26-11)8-14-4-5-15(23)6-18(14)22)25-21(31)20-17(13(3)34-27-20)10-28-9-16(7-24-28)30(32)33/h4-7,9H,8,10H2,1-3H3,(H,25,31). The number of nitrogens with one attached hydrogen (secondary N) is 1. The van der Waals surface area contributed by atoms with Gasteiger partial charge in [-0.3, -0.25) is 24.3 Å². The summed E-state index contributed by atoms with van der Waals surface area (Å²) in [5, 5.41) is 26.3. The molecular formula is C21H19ClFN7O4. The molecule has 4 aromatic rings. The smallest absolute Gasteiger partial charge is 0.307 e. The Balaban J connectivity index is 1.56. The Morgan fingerprint density at radius 1 is 1.29 bits per heavy atom. The zero-order chi connectivity index (χ0) is 24.6. The van der Waals surface area contributed by atoms with Gasteiger partial charge in [-0.2, -0.15) is 10.2 Å². The maximum absolute atomic E-state index is 13.3. The van der Waals surface area contributed by atoms with Crippen molar-refractivity contribution in [2.75, 3.05) is 5.32 Å². The lowest BCUT2D eigenvalue weighted by molar-refractivity contribution is -0.385. The molecule has 3 heterocycles. The van der Waals surface area contributed by atoms with Crippen LogP contribution in [0.1, 0.15) is 38.8 Å². The average molecular weight is 488 g/mol. The van der Waals surface area contributed by atoms with Crippen molar-refractivity contribution < 1.29 is 18.6 Å². The van der Waals surface area contributed by atoms with Gasteiger partial charge in [0.15, 0.2) is 5.69 Å². The Hall–Kier alpha value is -4.06. The summed E-state index contributed by atoms with van der Waals surface area (Å²) in [5.74, 6) is -0.573. The number of nitrogens with zero attached hydrogens (tertiary/aromatic N) is 6. The van der Waals surface area contributed by atoms with Crippen LogP contribution in [0.4, 0.5) is 15.8 Å². The predicted molar refractivity (Wildman–Crippen MR) is 119 cm³/mol. The molecule has 11 nitrogen and oxygen atoms in total. The van der Waals surface area contributed by atoms with Crippen molar-refractivity contribution in [3.8, 4) is 0 Å². The highest BCUT2D eigenvalue weighted by molar-refractivity contribution is 6.31. The van der Waals surface area contributed by atoms with Crippen LogP contribution in [0.3, 0.4) is 0 Å². The number of aromatic nitrogens is 5. The molecule has 1 N–H and O–H groups in total. The summed E-state index contributed by atoms with van der Waals surface area (Å²) in [5.41, 5.74) is 2.70. The highest BCUT2D eigenvalue weighted by Gasteiger charge is 2.24. The van der Waals surface area contributed by atoms with Gasteiger partial charge in [0.2, 0.25) is 0 Å². The van der Waals surface area contributed by atoms with E-state index in [0.29, 0.717) is 34.0 Å². The fourth-order valence-electron chi connectivity index (χ4n) is 3.47. The first-order valence-corrected chi connectivity index (χ1v) is 10.4. The lowest BCUT2D eigenvalue weighted by Gasteiger charge is -2.08. The van der Waals surface area contributed by atoms with E-state index in [2.05, 4.69) is 20.7 Å². The zero-order valence-corrected chi connectivity index (χ0v) is 19.1. The summed E-state index contributed by atoms with van der Waals surface area (Å²) < 4.78 is 21.5. The van der Waals surface area contributed by atoms with Crippen molar-refractivity contribution in [3.63, 3.8) is 0 Å². The first kappa shape index (κ1) is 23.1. The highest BCUT2D eigenvalue weighted by atomic mass is 35.5. The molecule has 13 heteroatoms. The molecule has 0 saturated heterocycles. The Labute approximate surface area is 197 Å². The second-order valence-electron chi connectivity index (χ2n) is 7.61. The number of rotatable bonds is 7. The second kappa shape index (κ2) is 9.06. The molecule has 3 aromatic heterocycles.